The number of ether oxygens (including phenoxy) is 1. The van der Waals surface area contributed by atoms with Crippen molar-refractivity contribution in [2.75, 3.05) is 32.0 Å². The first-order valence-electron chi connectivity index (χ1n) is 6.89. The molecule has 1 aliphatic heterocycles. The maximum absolute atomic E-state index is 5.69. The standard InChI is InChI=1S/C15H24N2O/c1-12(14-2-4-15(16)5-3-14)6-8-17-10-13-7-9-18-11-13/h2-5,12-13,17H,6-11,16H2,1H3. The van der Waals surface area contributed by atoms with E-state index in [0.717, 1.165) is 44.3 Å². The SMILES string of the molecule is CC(CCNCC1CCOC1)c1ccc(N)cc1. The van der Waals surface area contributed by atoms with Crippen LogP contribution in [-0.2, 0) is 4.74 Å². The zero-order chi connectivity index (χ0) is 12.8. The summed E-state index contributed by atoms with van der Waals surface area (Å²) in [5, 5.41) is 3.53. The number of nitrogens with one attached hydrogen (secondary N) is 1. The smallest absolute Gasteiger partial charge is 0.0507 e. The van der Waals surface area contributed by atoms with Crippen molar-refractivity contribution in [3.05, 3.63) is 29.8 Å². The fraction of sp³-hybridized carbons (Fsp3) is 0.600. The minimum absolute atomic E-state index is 0.581. The van der Waals surface area contributed by atoms with Crippen molar-refractivity contribution in [2.24, 2.45) is 5.92 Å². The van der Waals surface area contributed by atoms with Crippen LogP contribution in [0, 0.1) is 5.92 Å². The van der Waals surface area contributed by atoms with Gasteiger partial charge in [-0.05, 0) is 48.9 Å². The summed E-state index contributed by atoms with van der Waals surface area (Å²) in [7, 11) is 0. The van der Waals surface area contributed by atoms with Gasteiger partial charge in [-0.15, -0.1) is 0 Å². The topological polar surface area (TPSA) is 47.3 Å². The van der Waals surface area contributed by atoms with Crippen LogP contribution in [0.15, 0.2) is 24.3 Å². The third kappa shape index (κ3) is 4.00. The fourth-order valence-electron chi connectivity index (χ4n) is 2.36. The van der Waals surface area contributed by atoms with Crippen molar-refractivity contribution < 1.29 is 4.74 Å². The Bertz CT molecular complexity index is 344. The predicted octanol–water partition coefficient (Wildman–Crippen LogP) is 2.39. The maximum Gasteiger partial charge on any atom is 0.0507 e. The van der Waals surface area contributed by atoms with E-state index in [0.29, 0.717) is 5.92 Å². The second-order valence-electron chi connectivity index (χ2n) is 5.29. The van der Waals surface area contributed by atoms with E-state index in [2.05, 4.69) is 24.4 Å². The molecule has 0 aromatic heterocycles. The molecule has 2 unspecified atom stereocenters. The number of hydrogen-bond acceptors (Lipinski definition) is 3. The molecule has 0 spiro atoms. The third-order valence-electron chi connectivity index (χ3n) is 3.72. The lowest BCUT2D eigenvalue weighted by Crippen LogP contribution is -2.24. The Morgan fingerprint density at radius 3 is 2.83 bits per heavy atom. The lowest BCUT2D eigenvalue weighted by Gasteiger charge is -2.14. The van der Waals surface area contributed by atoms with Gasteiger partial charge in [0, 0.05) is 18.8 Å². The van der Waals surface area contributed by atoms with E-state index < -0.39 is 0 Å². The fourth-order valence-corrected chi connectivity index (χ4v) is 2.36. The highest BCUT2D eigenvalue weighted by Crippen LogP contribution is 2.19. The first-order chi connectivity index (χ1) is 8.75. The van der Waals surface area contributed by atoms with Gasteiger partial charge < -0.3 is 15.8 Å². The summed E-state index contributed by atoms with van der Waals surface area (Å²) in [5.41, 5.74) is 7.90. The molecule has 0 aliphatic carbocycles. The van der Waals surface area contributed by atoms with Crippen LogP contribution in [0.4, 0.5) is 5.69 Å². The molecule has 3 heteroatoms. The van der Waals surface area contributed by atoms with Crippen LogP contribution in [-0.4, -0.2) is 26.3 Å². The molecule has 0 amide bonds. The number of rotatable bonds is 6. The molecule has 1 heterocycles. The number of benzene rings is 1. The van der Waals surface area contributed by atoms with Crippen molar-refractivity contribution in [3.8, 4) is 0 Å². The van der Waals surface area contributed by atoms with Gasteiger partial charge >= 0.3 is 0 Å². The molecule has 0 radical (unpaired) electrons. The molecule has 0 bridgehead atoms. The molecule has 1 aromatic rings. The summed E-state index contributed by atoms with van der Waals surface area (Å²) in [6, 6.07) is 8.22. The van der Waals surface area contributed by atoms with E-state index in [1.54, 1.807) is 0 Å². The highest BCUT2D eigenvalue weighted by atomic mass is 16.5. The zero-order valence-electron chi connectivity index (χ0n) is 11.2. The number of hydrogen-bond donors (Lipinski definition) is 2. The quantitative estimate of drug-likeness (QED) is 0.600. The van der Waals surface area contributed by atoms with Crippen molar-refractivity contribution >= 4 is 5.69 Å². The largest absolute Gasteiger partial charge is 0.399 e. The molecule has 2 rings (SSSR count). The van der Waals surface area contributed by atoms with Gasteiger partial charge in [0.2, 0.25) is 0 Å². The number of nitrogens with two attached hydrogens (primary N) is 1. The summed E-state index contributed by atoms with van der Waals surface area (Å²) in [4.78, 5) is 0. The molecule has 3 nitrogen and oxygen atoms in total. The van der Waals surface area contributed by atoms with Crippen molar-refractivity contribution in [2.45, 2.75) is 25.7 Å². The summed E-state index contributed by atoms with van der Waals surface area (Å²) in [6.07, 6.45) is 2.37. The van der Waals surface area contributed by atoms with Crippen LogP contribution >= 0.6 is 0 Å². The van der Waals surface area contributed by atoms with Crippen molar-refractivity contribution in [3.63, 3.8) is 0 Å². The van der Waals surface area contributed by atoms with Crippen molar-refractivity contribution in [1.29, 1.82) is 0 Å². The van der Waals surface area contributed by atoms with Gasteiger partial charge in [0.15, 0.2) is 0 Å². The molecule has 0 saturated carbocycles. The summed E-state index contributed by atoms with van der Waals surface area (Å²) in [5.74, 6) is 1.30. The maximum atomic E-state index is 5.69. The Labute approximate surface area is 110 Å². The van der Waals surface area contributed by atoms with Gasteiger partial charge in [0.25, 0.3) is 0 Å². The van der Waals surface area contributed by atoms with Gasteiger partial charge in [-0.3, -0.25) is 0 Å². The van der Waals surface area contributed by atoms with E-state index in [1.807, 2.05) is 12.1 Å². The molecule has 2 atom stereocenters. The van der Waals surface area contributed by atoms with E-state index >= 15 is 0 Å². The molecule has 100 valence electrons. The third-order valence-corrected chi connectivity index (χ3v) is 3.72. The Morgan fingerprint density at radius 2 is 2.17 bits per heavy atom. The van der Waals surface area contributed by atoms with Gasteiger partial charge in [-0.2, -0.15) is 0 Å². The average molecular weight is 248 g/mol. The van der Waals surface area contributed by atoms with E-state index in [1.165, 1.54) is 12.0 Å². The minimum atomic E-state index is 0.581. The second kappa shape index (κ2) is 6.76. The Balaban J connectivity index is 1.64. The van der Waals surface area contributed by atoms with Crippen LogP contribution in [0.1, 0.15) is 31.2 Å². The molecule has 3 N–H and O–H groups in total. The van der Waals surface area contributed by atoms with Crippen LogP contribution in [0.2, 0.25) is 0 Å². The Morgan fingerprint density at radius 1 is 1.39 bits per heavy atom. The van der Waals surface area contributed by atoms with Gasteiger partial charge in [-0.1, -0.05) is 19.1 Å². The lowest BCUT2D eigenvalue weighted by molar-refractivity contribution is 0.185. The molecule has 1 aliphatic rings. The van der Waals surface area contributed by atoms with Gasteiger partial charge in [0.05, 0.1) is 6.61 Å². The van der Waals surface area contributed by atoms with Crippen molar-refractivity contribution in [1.82, 2.24) is 5.32 Å². The van der Waals surface area contributed by atoms with Gasteiger partial charge in [0.1, 0.15) is 0 Å². The highest BCUT2D eigenvalue weighted by Gasteiger charge is 2.14. The first-order valence-corrected chi connectivity index (χ1v) is 6.89. The van der Waals surface area contributed by atoms with E-state index in [4.69, 9.17) is 10.5 Å². The molecule has 1 fully saturated rings. The molecule has 1 saturated heterocycles. The predicted molar refractivity (Wildman–Crippen MR) is 75.7 cm³/mol. The van der Waals surface area contributed by atoms with Crippen LogP contribution in [0.25, 0.3) is 0 Å². The monoisotopic (exact) mass is 248 g/mol. The van der Waals surface area contributed by atoms with E-state index in [9.17, 15) is 0 Å². The molecular weight excluding hydrogens is 224 g/mol. The normalized spacial score (nSPS) is 21.1. The summed E-state index contributed by atoms with van der Waals surface area (Å²) >= 11 is 0. The Kier molecular flexibility index (Phi) is 5.02. The van der Waals surface area contributed by atoms with E-state index in [-0.39, 0.29) is 0 Å². The average Bonchev–Trinajstić information content (AvgIpc) is 2.88. The van der Waals surface area contributed by atoms with Gasteiger partial charge in [-0.25, -0.2) is 0 Å². The minimum Gasteiger partial charge on any atom is -0.399 e. The van der Waals surface area contributed by atoms with Crippen LogP contribution in [0.5, 0.6) is 0 Å². The summed E-state index contributed by atoms with van der Waals surface area (Å²) in [6.45, 7) is 6.30. The molecule has 18 heavy (non-hydrogen) atoms. The van der Waals surface area contributed by atoms with Crippen LogP contribution < -0.4 is 11.1 Å². The summed E-state index contributed by atoms with van der Waals surface area (Å²) < 4.78 is 5.36. The molecule has 1 aromatic carbocycles. The Hall–Kier alpha value is -1.06. The van der Waals surface area contributed by atoms with Crippen LogP contribution in [0.3, 0.4) is 0 Å². The zero-order valence-corrected chi connectivity index (χ0v) is 11.2. The number of nitrogen functional groups attached to an aromatic ring is 1. The highest BCUT2D eigenvalue weighted by molar-refractivity contribution is 5.40. The first kappa shape index (κ1) is 13.4. The second-order valence-corrected chi connectivity index (χ2v) is 5.29. The molecular formula is C15H24N2O. The lowest BCUT2D eigenvalue weighted by atomic mass is 9.97. The number of anilines is 1.